The van der Waals surface area contributed by atoms with Crippen molar-refractivity contribution < 1.29 is 4.74 Å². The number of aryl methyl sites for hydroxylation is 1. The molecule has 0 amide bonds. The second-order valence-corrected chi connectivity index (χ2v) is 5.97. The molecule has 4 heteroatoms. The first-order valence-electron chi connectivity index (χ1n) is 7.36. The quantitative estimate of drug-likeness (QED) is 0.786. The molecular weight excluding hydrogens is 238 g/mol. The van der Waals surface area contributed by atoms with Crippen molar-refractivity contribution in [1.29, 1.82) is 0 Å². The highest BCUT2D eigenvalue weighted by atomic mass is 16.5. The normalized spacial score (nSPS) is 13.7. The van der Waals surface area contributed by atoms with E-state index in [0.717, 1.165) is 25.9 Å². The van der Waals surface area contributed by atoms with Crippen molar-refractivity contribution in [3.63, 3.8) is 0 Å². The smallest absolute Gasteiger partial charge is 0.0669 e. The lowest BCUT2D eigenvalue weighted by atomic mass is 10.1. The summed E-state index contributed by atoms with van der Waals surface area (Å²) in [6.45, 7) is 13.3. The van der Waals surface area contributed by atoms with Gasteiger partial charge in [0.15, 0.2) is 0 Å². The zero-order valence-electron chi connectivity index (χ0n) is 13.1. The second-order valence-electron chi connectivity index (χ2n) is 5.97. The predicted octanol–water partition coefficient (Wildman–Crippen LogP) is 3.15. The van der Waals surface area contributed by atoms with Crippen LogP contribution in [0.3, 0.4) is 0 Å². The summed E-state index contributed by atoms with van der Waals surface area (Å²) in [7, 11) is 0. The van der Waals surface area contributed by atoms with E-state index in [0.29, 0.717) is 6.61 Å². The first-order valence-corrected chi connectivity index (χ1v) is 7.36. The van der Waals surface area contributed by atoms with E-state index in [1.165, 1.54) is 5.56 Å². The molecule has 0 aliphatic heterocycles. The minimum Gasteiger partial charge on any atom is -0.374 e. The summed E-state index contributed by atoms with van der Waals surface area (Å²) in [6.07, 6.45) is 6.31. The average molecular weight is 267 g/mol. The standard InChI is InChI=1S/C15H29N3O/c1-6-8-16-14(12-19-15(3,4)5)13-10-17-18(11-13)9-7-2/h10-11,14,16H,6-9,12H2,1-5H3. The third kappa shape index (κ3) is 6.21. The van der Waals surface area contributed by atoms with Crippen molar-refractivity contribution in [2.45, 2.75) is 65.6 Å². The molecule has 0 saturated carbocycles. The van der Waals surface area contributed by atoms with Gasteiger partial charge in [-0.05, 0) is 40.2 Å². The molecule has 1 aromatic heterocycles. The van der Waals surface area contributed by atoms with Crippen LogP contribution in [0.4, 0.5) is 0 Å². The van der Waals surface area contributed by atoms with Crippen LogP contribution in [0.25, 0.3) is 0 Å². The Balaban J connectivity index is 2.65. The van der Waals surface area contributed by atoms with Gasteiger partial charge in [0.05, 0.1) is 24.4 Å². The van der Waals surface area contributed by atoms with E-state index >= 15 is 0 Å². The number of nitrogens with one attached hydrogen (secondary N) is 1. The summed E-state index contributed by atoms with van der Waals surface area (Å²) < 4.78 is 7.92. The van der Waals surface area contributed by atoms with Gasteiger partial charge in [-0.1, -0.05) is 13.8 Å². The number of hydrogen-bond acceptors (Lipinski definition) is 3. The molecule has 110 valence electrons. The van der Waals surface area contributed by atoms with Crippen molar-refractivity contribution in [3.05, 3.63) is 18.0 Å². The number of aromatic nitrogens is 2. The van der Waals surface area contributed by atoms with E-state index < -0.39 is 0 Å². The molecule has 0 fully saturated rings. The van der Waals surface area contributed by atoms with E-state index in [2.05, 4.69) is 51.2 Å². The van der Waals surface area contributed by atoms with Gasteiger partial charge in [-0.2, -0.15) is 5.10 Å². The summed E-state index contributed by atoms with van der Waals surface area (Å²) in [5, 5.41) is 7.94. The van der Waals surface area contributed by atoms with Crippen LogP contribution in [0.15, 0.2) is 12.4 Å². The maximum atomic E-state index is 5.91. The summed E-state index contributed by atoms with van der Waals surface area (Å²) >= 11 is 0. The van der Waals surface area contributed by atoms with Crippen LogP contribution in [0.5, 0.6) is 0 Å². The fourth-order valence-corrected chi connectivity index (χ4v) is 1.84. The third-order valence-electron chi connectivity index (χ3n) is 2.83. The Labute approximate surface area is 117 Å². The molecule has 1 heterocycles. The van der Waals surface area contributed by atoms with Crippen LogP contribution in [0.2, 0.25) is 0 Å². The highest BCUT2D eigenvalue weighted by molar-refractivity contribution is 5.10. The highest BCUT2D eigenvalue weighted by Crippen LogP contribution is 2.17. The first-order chi connectivity index (χ1) is 8.96. The number of rotatable bonds is 8. The van der Waals surface area contributed by atoms with Gasteiger partial charge >= 0.3 is 0 Å². The molecule has 0 bridgehead atoms. The van der Waals surface area contributed by atoms with Crippen LogP contribution in [-0.2, 0) is 11.3 Å². The van der Waals surface area contributed by atoms with Gasteiger partial charge in [-0.15, -0.1) is 0 Å². The van der Waals surface area contributed by atoms with Crippen molar-refractivity contribution in [3.8, 4) is 0 Å². The molecule has 0 aromatic carbocycles. The van der Waals surface area contributed by atoms with Crippen LogP contribution >= 0.6 is 0 Å². The van der Waals surface area contributed by atoms with Crippen molar-refractivity contribution in [2.75, 3.05) is 13.2 Å². The maximum Gasteiger partial charge on any atom is 0.0669 e. The largest absolute Gasteiger partial charge is 0.374 e. The lowest BCUT2D eigenvalue weighted by molar-refractivity contribution is -0.0147. The van der Waals surface area contributed by atoms with Gasteiger partial charge in [0.1, 0.15) is 0 Å². The van der Waals surface area contributed by atoms with Crippen LogP contribution in [0, 0.1) is 0 Å². The number of nitrogens with zero attached hydrogens (tertiary/aromatic N) is 2. The van der Waals surface area contributed by atoms with E-state index in [4.69, 9.17) is 4.74 Å². The lowest BCUT2D eigenvalue weighted by Crippen LogP contribution is -2.30. The van der Waals surface area contributed by atoms with Gasteiger partial charge in [0, 0.05) is 18.3 Å². The molecule has 1 atom stereocenters. The Bertz CT molecular complexity index is 355. The van der Waals surface area contributed by atoms with Gasteiger partial charge in [0.25, 0.3) is 0 Å². The molecule has 0 aliphatic rings. The highest BCUT2D eigenvalue weighted by Gasteiger charge is 2.17. The zero-order chi connectivity index (χ0) is 14.3. The first kappa shape index (κ1) is 16.2. The van der Waals surface area contributed by atoms with Crippen LogP contribution in [-0.4, -0.2) is 28.5 Å². The number of ether oxygens (including phenoxy) is 1. The van der Waals surface area contributed by atoms with E-state index in [1.807, 2.05) is 10.9 Å². The molecule has 1 N–H and O–H groups in total. The lowest BCUT2D eigenvalue weighted by Gasteiger charge is -2.24. The van der Waals surface area contributed by atoms with Crippen LogP contribution < -0.4 is 5.32 Å². The Hall–Kier alpha value is -0.870. The Morgan fingerprint density at radius 2 is 2.05 bits per heavy atom. The van der Waals surface area contributed by atoms with Gasteiger partial charge in [-0.25, -0.2) is 0 Å². The maximum absolute atomic E-state index is 5.91. The van der Waals surface area contributed by atoms with Crippen molar-refractivity contribution in [1.82, 2.24) is 15.1 Å². The molecule has 0 radical (unpaired) electrons. The second kappa shape index (κ2) is 7.65. The van der Waals surface area contributed by atoms with Gasteiger partial charge in [-0.3, -0.25) is 4.68 Å². The average Bonchev–Trinajstić information content (AvgIpc) is 2.77. The third-order valence-corrected chi connectivity index (χ3v) is 2.83. The van der Waals surface area contributed by atoms with E-state index in [1.54, 1.807) is 0 Å². The molecule has 1 aromatic rings. The van der Waals surface area contributed by atoms with Crippen molar-refractivity contribution in [2.24, 2.45) is 0 Å². The Morgan fingerprint density at radius 1 is 1.32 bits per heavy atom. The van der Waals surface area contributed by atoms with Gasteiger partial charge < -0.3 is 10.1 Å². The monoisotopic (exact) mass is 267 g/mol. The topological polar surface area (TPSA) is 39.1 Å². The molecule has 0 spiro atoms. The minimum absolute atomic E-state index is 0.106. The fourth-order valence-electron chi connectivity index (χ4n) is 1.84. The Kier molecular flexibility index (Phi) is 6.52. The molecule has 4 nitrogen and oxygen atoms in total. The SMILES string of the molecule is CCCNC(COC(C)(C)C)c1cnn(CCC)c1. The number of hydrogen-bond donors (Lipinski definition) is 1. The summed E-state index contributed by atoms with van der Waals surface area (Å²) in [6, 6.07) is 0.227. The molecular formula is C15H29N3O. The van der Waals surface area contributed by atoms with E-state index in [-0.39, 0.29) is 11.6 Å². The minimum atomic E-state index is -0.106. The van der Waals surface area contributed by atoms with Gasteiger partial charge in [0.2, 0.25) is 0 Å². The molecule has 0 saturated heterocycles. The van der Waals surface area contributed by atoms with Crippen LogP contribution in [0.1, 0.15) is 59.1 Å². The molecule has 1 unspecified atom stereocenters. The Morgan fingerprint density at radius 3 is 2.63 bits per heavy atom. The summed E-state index contributed by atoms with van der Waals surface area (Å²) in [4.78, 5) is 0. The van der Waals surface area contributed by atoms with Crippen molar-refractivity contribution >= 4 is 0 Å². The molecule has 19 heavy (non-hydrogen) atoms. The predicted molar refractivity (Wildman–Crippen MR) is 79.3 cm³/mol. The summed E-state index contributed by atoms with van der Waals surface area (Å²) in [5.41, 5.74) is 1.11. The molecule has 0 aliphatic carbocycles. The van der Waals surface area contributed by atoms with E-state index in [9.17, 15) is 0 Å². The fraction of sp³-hybridized carbons (Fsp3) is 0.800. The zero-order valence-corrected chi connectivity index (χ0v) is 13.1. The summed E-state index contributed by atoms with van der Waals surface area (Å²) in [5.74, 6) is 0. The molecule has 1 rings (SSSR count).